The van der Waals surface area contributed by atoms with E-state index in [9.17, 15) is 18.0 Å². The van der Waals surface area contributed by atoms with Crippen molar-refractivity contribution >= 4 is 50.7 Å². The molecule has 0 aliphatic rings. The van der Waals surface area contributed by atoms with Crippen molar-refractivity contribution in [1.82, 2.24) is 10.2 Å². The summed E-state index contributed by atoms with van der Waals surface area (Å²) in [4.78, 5) is 28.0. The first-order chi connectivity index (χ1) is 17.3. The summed E-state index contributed by atoms with van der Waals surface area (Å²) >= 11 is 12.2. The van der Waals surface area contributed by atoms with Crippen molar-refractivity contribution in [1.29, 1.82) is 0 Å². The van der Waals surface area contributed by atoms with Crippen LogP contribution in [0.4, 0.5) is 5.69 Å². The minimum absolute atomic E-state index is 0.00232. The molecule has 1 N–H and O–H groups in total. The lowest BCUT2D eigenvalue weighted by molar-refractivity contribution is -0.139. The third-order valence-corrected chi connectivity index (χ3v) is 7.70. The fourth-order valence-electron chi connectivity index (χ4n) is 3.47. The zero-order valence-electron chi connectivity index (χ0n) is 21.7. The average Bonchev–Trinajstić information content (AvgIpc) is 2.85. The fourth-order valence-corrected chi connectivity index (χ4v) is 4.63. The van der Waals surface area contributed by atoms with Gasteiger partial charge in [-0.2, -0.15) is 0 Å². The van der Waals surface area contributed by atoms with E-state index in [1.807, 2.05) is 13.8 Å². The topological polar surface area (TPSA) is 105 Å². The quantitative estimate of drug-likeness (QED) is 0.409. The Hall–Kier alpha value is -2.69. The maximum Gasteiger partial charge on any atom is 0.244 e. The predicted molar refractivity (Wildman–Crippen MR) is 146 cm³/mol. The van der Waals surface area contributed by atoms with Gasteiger partial charge in [0.15, 0.2) is 0 Å². The number of benzene rings is 2. The number of sulfonamides is 1. The van der Waals surface area contributed by atoms with Gasteiger partial charge < -0.3 is 19.7 Å². The number of methoxy groups -OCH3 is 2. The van der Waals surface area contributed by atoms with E-state index in [0.29, 0.717) is 27.8 Å². The first-order valence-corrected chi connectivity index (χ1v) is 14.2. The Morgan fingerprint density at radius 3 is 2.24 bits per heavy atom. The molecule has 2 atom stereocenters. The second-order valence-electron chi connectivity index (χ2n) is 8.57. The maximum atomic E-state index is 13.7. The molecule has 0 bridgehead atoms. The molecule has 0 heterocycles. The van der Waals surface area contributed by atoms with Crippen molar-refractivity contribution < 1.29 is 27.5 Å². The highest BCUT2D eigenvalue weighted by molar-refractivity contribution is 7.92. The highest BCUT2D eigenvalue weighted by atomic mass is 35.5. The van der Waals surface area contributed by atoms with Crippen molar-refractivity contribution in [2.24, 2.45) is 0 Å². The van der Waals surface area contributed by atoms with Crippen molar-refractivity contribution in [3.8, 4) is 11.5 Å². The fraction of sp³-hybridized carbons (Fsp3) is 0.440. The van der Waals surface area contributed by atoms with Gasteiger partial charge in [0, 0.05) is 18.7 Å². The molecule has 9 nitrogen and oxygen atoms in total. The van der Waals surface area contributed by atoms with Crippen LogP contribution in [0.15, 0.2) is 36.4 Å². The summed E-state index contributed by atoms with van der Waals surface area (Å²) in [7, 11) is -1.11. The van der Waals surface area contributed by atoms with Crippen LogP contribution in [0, 0.1) is 0 Å². The van der Waals surface area contributed by atoms with Crippen LogP contribution < -0.4 is 19.1 Å². The number of nitrogens with zero attached hydrogens (tertiary/aromatic N) is 2. The number of hydrogen-bond donors (Lipinski definition) is 1. The van der Waals surface area contributed by atoms with Crippen molar-refractivity contribution in [2.75, 3.05) is 31.3 Å². The van der Waals surface area contributed by atoms with Crippen LogP contribution in [0.5, 0.6) is 11.5 Å². The molecule has 0 radical (unpaired) electrons. The van der Waals surface area contributed by atoms with E-state index in [2.05, 4.69) is 5.32 Å². The molecule has 204 valence electrons. The zero-order valence-corrected chi connectivity index (χ0v) is 24.1. The lowest BCUT2D eigenvalue weighted by atomic mass is 10.1. The summed E-state index contributed by atoms with van der Waals surface area (Å²) in [6.45, 7) is 4.79. The molecule has 0 saturated carbocycles. The monoisotopic (exact) mass is 573 g/mol. The van der Waals surface area contributed by atoms with E-state index in [4.69, 9.17) is 32.7 Å². The van der Waals surface area contributed by atoms with Crippen LogP contribution in [-0.2, 0) is 26.2 Å². The predicted octanol–water partition coefficient (Wildman–Crippen LogP) is 4.11. The summed E-state index contributed by atoms with van der Waals surface area (Å²) in [5, 5.41) is 3.51. The van der Waals surface area contributed by atoms with E-state index in [-0.39, 0.29) is 29.9 Å². The lowest BCUT2D eigenvalue weighted by Gasteiger charge is -2.32. The first kappa shape index (κ1) is 30.5. The second-order valence-corrected chi connectivity index (χ2v) is 11.3. The number of carbonyl (C=O) groups is 2. The van der Waals surface area contributed by atoms with Crippen LogP contribution >= 0.6 is 23.2 Å². The Kier molecular flexibility index (Phi) is 10.9. The van der Waals surface area contributed by atoms with Crippen LogP contribution in [0.1, 0.15) is 32.8 Å². The molecular formula is C25H33Cl2N3O6S. The number of hydrogen-bond acceptors (Lipinski definition) is 6. The highest BCUT2D eigenvalue weighted by Gasteiger charge is 2.31. The Balaban J connectivity index is 2.50. The molecule has 0 fully saturated rings. The Labute approximate surface area is 228 Å². The Morgan fingerprint density at radius 1 is 1.03 bits per heavy atom. The Morgan fingerprint density at radius 2 is 1.70 bits per heavy atom. The van der Waals surface area contributed by atoms with Crippen molar-refractivity contribution in [2.45, 2.75) is 45.8 Å². The summed E-state index contributed by atoms with van der Waals surface area (Å²) in [6.07, 6.45) is 1.69. The smallest absolute Gasteiger partial charge is 0.244 e. The van der Waals surface area contributed by atoms with Gasteiger partial charge in [0.05, 0.1) is 36.2 Å². The third-order valence-electron chi connectivity index (χ3n) is 5.84. The van der Waals surface area contributed by atoms with E-state index < -0.39 is 28.5 Å². The summed E-state index contributed by atoms with van der Waals surface area (Å²) in [5.41, 5.74) is 0.750. The molecule has 2 amide bonds. The zero-order chi connectivity index (χ0) is 27.9. The molecule has 0 aliphatic carbocycles. The number of nitrogens with one attached hydrogen (secondary N) is 1. The van der Waals surface area contributed by atoms with Gasteiger partial charge in [-0.15, -0.1) is 0 Å². The van der Waals surface area contributed by atoms with Gasteiger partial charge >= 0.3 is 0 Å². The lowest BCUT2D eigenvalue weighted by Crippen LogP contribution is -2.52. The molecule has 0 spiro atoms. The highest BCUT2D eigenvalue weighted by Crippen LogP contribution is 2.34. The first-order valence-electron chi connectivity index (χ1n) is 11.6. The SMILES string of the molecule is CC[C@@H](C)NC(=O)[C@@H](C)N(Cc1ccc(Cl)c(Cl)c1)C(=O)CN(c1cc(OC)ccc1OC)S(C)(=O)=O. The third kappa shape index (κ3) is 8.15. The number of rotatable bonds is 12. The summed E-state index contributed by atoms with van der Waals surface area (Å²) in [6, 6.07) is 8.49. The number of anilines is 1. The minimum Gasteiger partial charge on any atom is -0.497 e. The maximum absolute atomic E-state index is 13.7. The molecule has 2 aromatic carbocycles. The molecule has 0 aliphatic heterocycles. The standard InChI is InChI=1S/C25H33Cl2N3O6S/c1-7-16(2)28-25(32)17(3)29(14-18-8-10-20(26)21(27)12-18)24(31)15-30(37(6,33)34)22-13-19(35-4)9-11-23(22)36-5/h8-13,16-17H,7,14-15H2,1-6H3,(H,28,32)/t16-,17-/m1/s1. The van der Waals surface area contributed by atoms with E-state index >= 15 is 0 Å². The Bertz CT molecular complexity index is 1220. The van der Waals surface area contributed by atoms with Gasteiger partial charge in [-0.25, -0.2) is 8.42 Å². The van der Waals surface area contributed by atoms with Crippen LogP contribution in [0.2, 0.25) is 10.0 Å². The van der Waals surface area contributed by atoms with Gasteiger partial charge in [0.2, 0.25) is 21.8 Å². The number of halogens is 2. The van der Waals surface area contributed by atoms with Crippen LogP contribution in [0.3, 0.4) is 0 Å². The average molecular weight is 575 g/mol. The van der Waals surface area contributed by atoms with E-state index in [1.54, 1.807) is 37.3 Å². The van der Waals surface area contributed by atoms with Gasteiger partial charge in [-0.3, -0.25) is 13.9 Å². The second kappa shape index (κ2) is 13.2. The van der Waals surface area contributed by atoms with E-state index in [1.165, 1.54) is 25.2 Å². The van der Waals surface area contributed by atoms with Crippen LogP contribution in [-0.4, -0.2) is 64.2 Å². The summed E-state index contributed by atoms with van der Waals surface area (Å²) in [5.74, 6) is -0.357. The van der Waals surface area contributed by atoms with Crippen LogP contribution in [0.25, 0.3) is 0 Å². The molecule has 12 heteroatoms. The van der Waals surface area contributed by atoms with Gasteiger partial charge in [-0.1, -0.05) is 36.2 Å². The van der Waals surface area contributed by atoms with Crippen molar-refractivity contribution in [3.05, 3.63) is 52.0 Å². The minimum atomic E-state index is -3.95. The molecular weight excluding hydrogens is 541 g/mol. The molecule has 0 aromatic heterocycles. The van der Waals surface area contributed by atoms with Gasteiger partial charge in [0.25, 0.3) is 0 Å². The normalized spacial score (nSPS) is 12.9. The molecule has 37 heavy (non-hydrogen) atoms. The molecule has 2 rings (SSSR count). The van der Waals surface area contributed by atoms with E-state index in [0.717, 1.165) is 10.6 Å². The largest absolute Gasteiger partial charge is 0.497 e. The molecule has 2 aromatic rings. The van der Waals surface area contributed by atoms with Gasteiger partial charge in [0.1, 0.15) is 24.1 Å². The number of amides is 2. The molecule has 0 unspecified atom stereocenters. The molecule has 0 saturated heterocycles. The van der Waals surface area contributed by atoms with Gasteiger partial charge in [-0.05, 0) is 50.1 Å². The number of carbonyl (C=O) groups excluding carboxylic acids is 2. The van der Waals surface area contributed by atoms with Crippen molar-refractivity contribution in [3.63, 3.8) is 0 Å². The number of ether oxygens (including phenoxy) is 2. The summed E-state index contributed by atoms with van der Waals surface area (Å²) < 4.78 is 37.2.